The van der Waals surface area contributed by atoms with Crippen molar-refractivity contribution in [2.75, 3.05) is 0 Å². The fraction of sp³-hybridized carbons (Fsp3) is 0.273. The van der Waals surface area contributed by atoms with Crippen molar-refractivity contribution in [2.45, 2.75) is 33.6 Å². The van der Waals surface area contributed by atoms with Gasteiger partial charge in [0.2, 0.25) is 0 Å². The van der Waals surface area contributed by atoms with Crippen molar-refractivity contribution in [1.82, 2.24) is 0 Å². The second kappa shape index (κ2) is 11.5. The van der Waals surface area contributed by atoms with Gasteiger partial charge in [0, 0.05) is 17.5 Å². The molecule has 3 heteroatoms. The molecule has 1 rings (SSSR count). The second-order valence-electron chi connectivity index (χ2n) is 5.90. The molecule has 2 atom stereocenters. The Bertz CT molecular complexity index is 691. The van der Waals surface area contributed by atoms with Crippen LogP contribution in [0.5, 0.6) is 0 Å². The van der Waals surface area contributed by atoms with E-state index in [1.807, 2.05) is 32.1 Å². The lowest BCUT2D eigenvalue weighted by Crippen LogP contribution is -1.98. The summed E-state index contributed by atoms with van der Waals surface area (Å²) >= 11 is 0. The molecule has 0 fully saturated rings. The fourth-order valence-electron chi connectivity index (χ4n) is 2.19. The third kappa shape index (κ3) is 8.05. The van der Waals surface area contributed by atoms with E-state index in [9.17, 15) is 9.59 Å². The zero-order valence-corrected chi connectivity index (χ0v) is 16.4. The monoisotopic (exact) mass is 354 g/mol. The molecule has 0 spiro atoms. The predicted molar refractivity (Wildman–Crippen MR) is 110 cm³/mol. The number of hydrogen-bond acceptors (Lipinski definition) is 2. The number of ketones is 1. The van der Waals surface area contributed by atoms with Gasteiger partial charge in [0.25, 0.3) is 0 Å². The highest BCUT2D eigenvalue weighted by Crippen LogP contribution is 2.12. The first kappa shape index (κ1) is 21.0. The fourth-order valence-corrected chi connectivity index (χ4v) is 2.39. The minimum absolute atomic E-state index is 0.0416. The lowest BCUT2D eigenvalue weighted by atomic mass is 10.0. The van der Waals surface area contributed by atoms with Crippen LogP contribution in [0.3, 0.4) is 0 Å². The summed E-state index contributed by atoms with van der Waals surface area (Å²) in [6.07, 6.45) is 15.7. The van der Waals surface area contributed by atoms with Crippen LogP contribution >= 0.6 is 9.24 Å². The van der Waals surface area contributed by atoms with Crippen molar-refractivity contribution in [3.63, 3.8) is 0 Å². The minimum Gasteiger partial charge on any atom is -0.294 e. The van der Waals surface area contributed by atoms with Gasteiger partial charge in [-0.1, -0.05) is 83.0 Å². The molecule has 132 valence electrons. The second-order valence-corrected chi connectivity index (χ2v) is 6.43. The Morgan fingerprint density at radius 2 is 1.68 bits per heavy atom. The van der Waals surface area contributed by atoms with Gasteiger partial charge in [-0.05, 0) is 31.8 Å². The van der Waals surface area contributed by atoms with Crippen LogP contribution in [0.1, 0.15) is 54.3 Å². The minimum atomic E-state index is -0.0768. The molecule has 0 aromatic heterocycles. The van der Waals surface area contributed by atoms with E-state index in [0.29, 0.717) is 23.5 Å². The number of carbonyl (C=O) groups is 2. The zero-order valence-electron chi connectivity index (χ0n) is 15.2. The summed E-state index contributed by atoms with van der Waals surface area (Å²) in [6.45, 7) is 6.20. The van der Waals surface area contributed by atoms with E-state index in [2.05, 4.69) is 40.5 Å². The number of allylic oxidation sites excluding steroid dienone is 8. The van der Waals surface area contributed by atoms with E-state index in [1.165, 1.54) is 0 Å². The van der Waals surface area contributed by atoms with E-state index in [4.69, 9.17) is 0 Å². The molecule has 0 saturated carbocycles. The highest BCUT2D eigenvalue weighted by molar-refractivity contribution is 7.41. The standard InChI is InChI=1S/C22H27O2P/c1-4-6-8-17(3)11-12-18(5-2)9-7-10-21(23)19-13-15-20(16-14-19)22(24)25/h4-7,9,11-17H,8,10,25H2,1-3H3/b6-4-,9-7-,12-11+,18-5?/t17-/m1/s1. The third-order valence-electron chi connectivity index (χ3n) is 3.80. The highest BCUT2D eigenvalue weighted by atomic mass is 31.0. The Hall–Kier alpha value is -2.05. The third-order valence-corrected chi connectivity index (χ3v) is 4.13. The molecule has 0 radical (unpaired) electrons. The van der Waals surface area contributed by atoms with Crippen LogP contribution < -0.4 is 0 Å². The van der Waals surface area contributed by atoms with Crippen LogP contribution in [0.2, 0.25) is 0 Å². The lowest BCUT2D eigenvalue weighted by molar-refractivity contribution is 0.0994. The van der Waals surface area contributed by atoms with Gasteiger partial charge in [-0.15, -0.1) is 0 Å². The normalized spacial score (nSPS) is 13.8. The maximum Gasteiger partial charge on any atom is 0.178 e. The number of benzene rings is 1. The van der Waals surface area contributed by atoms with Crippen molar-refractivity contribution in [2.24, 2.45) is 5.92 Å². The Labute approximate surface area is 153 Å². The lowest BCUT2D eigenvalue weighted by Gasteiger charge is -2.02. The van der Waals surface area contributed by atoms with Gasteiger partial charge in [-0.2, -0.15) is 0 Å². The van der Waals surface area contributed by atoms with Gasteiger partial charge in [-0.25, -0.2) is 0 Å². The Kier molecular flexibility index (Phi) is 9.65. The topological polar surface area (TPSA) is 34.1 Å². The molecule has 25 heavy (non-hydrogen) atoms. The first-order valence-corrected chi connectivity index (χ1v) is 9.11. The summed E-state index contributed by atoms with van der Waals surface area (Å²) in [5.74, 6) is 0.527. The molecular weight excluding hydrogens is 327 g/mol. The van der Waals surface area contributed by atoms with Gasteiger partial charge in [-0.3, -0.25) is 9.59 Å². The average Bonchev–Trinajstić information content (AvgIpc) is 2.62. The molecule has 1 aromatic carbocycles. The summed E-state index contributed by atoms with van der Waals surface area (Å²) in [6, 6.07) is 6.76. The SMILES string of the molecule is CC=C(/C=C\CC(=O)c1ccc(C(=O)P)cc1)/C=C/[C@H](C)C/C=C\C. The number of rotatable bonds is 9. The van der Waals surface area contributed by atoms with Crippen LogP contribution in [0.15, 0.2) is 72.4 Å². The maximum absolute atomic E-state index is 12.2. The average molecular weight is 354 g/mol. The predicted octanol–water partition coefficient (Wildman–Crippen LogP) is 5.94. The van der Waals surface area contributed by atoms with Gasteiger partial charge in [0.15, 0.2) is 11.3 Å². The van der Waals surface area contributed by atoms with E-state index in [1.54, 1.807) is 24.3 Å². The van der Waals surface area contributed by atoms with Crippen LogP contribution in [0, 0.1) is 5.92 Å². The van der Waals surface area contributed by atoms with Gasteiger partial charge in [0.1, 0.15) is 0 Å². The molecule has 1 aromatic rings. The summed E-state index contributed by atoms with van der Waals surface area (Å²) in [7, 11) is 2.13. The quantitative estimate of drug-likeness (QED) is 0.238. The van der Waals surface area contributed by atoms with Gasteiger partial charge < -0.3 is 0 Å². The molecule has 1 unspecified atom stereocenters. The summed E-state index contributed by atoms with van der Waals surface area (Å²) in [5, 5.41) is 0. The highest BCUT2D eigenvalue weighted by Gasteiger charge is 2.05. The van der Waals surface area contributed by atoms with E-state index >= 15 is 0 Å². The van der Waals surface area contributed by atoms with Crippen LogP contribution in [0.25, 0.3) is 0 Å². The molecule has 2 nitrogen and oxygen atoms in total. The first-order valence-electron chi connectivity index (χ1n) is 8.53. The van der Waals surface area contributed by atoms with E-state index in [-0.39, 0.29) is 11.3 Å². The molecule has 0 aliphatic carbocycles. The van der Waals surface area contributed by atoms with Crippen molar-refractivity contribution >= 4 is 20.5 Å². The van der Waals surface area contributed by atoms with E-state index < -0.39 is 0 Å². The molecular formula is C22H27O2P. The summed E-state index contributed by atoms with van der Waals surface area (Å²) < 4.78 is 0. The van der Waals surface area contributed by atoms with Crippen LogP contribution in [-0.2, 0) is 0 Å². The molecule has 0 aliphatic rings. The zero-order chi connectivity index (χ0) is 18.7. The van der Waals surface area contributed by atoms with Crippen molar-refractivity contribution in [3.05, 3.63) is 83.5 Å². The number of Topliss-reactive ketones (excluding diaryl/α,β-unsaturated/α-hetero) is 1. The largest absolute Gasteiger partial charge is 0.294 e. The van der Waals surface area contributed by atoms with Crippen molar-refractivity contribution in [3.8, 4) is 0 Å². The molecule has 0 amide bonds. The van der Waals surface area contributed by atoms with Crippen LogP contribution in [0.4, 0.5) is 0 Å². The summed E-state index contributed by atoms with van der Waals surface area (Å²) in [4.78, 5) is 23.4. The number of hydrogen-bond donors (Lipinski definition) is 0. The first-order chi connectivity index (χ1) is 12.0. The molecule has 0 N–H and O–H groups in total. The van der Waals surface area contributed by atoms with Crippen molar-refractivity contribution in [1.29, 1.82) is 0 Å². The molecule has 0 heterocycles. The van der Waals surface area contributed by atoms with Crippen LogP contribution in [-0.4, -0.2) is 11.3 Å². The molecule has 0 saturated heterocycles. The number of carbonyl (C=O) groups excluding carboxylic acids is 2. The molecule has 0 bridgehead atoms. The Morgan fingerprint density at radius 3 is 2.24 bits per heavy atom. The van der Waals surface area contributed by atoms with E-state index in [0.717, 1.165) is 12.0 Å². The summed E-state index contributed by atoms with van der Waals surface area (Å²) in [5.41, 5.74) is 2.22. The van der Waals surface area contributed by atoms with Gasteiger partial charge >= 0.3 is 0 Å². The Balaban J connectivity index is 2.60. The van der Waals surface area contributed by atoms with Gasteiger partial charge in [0.05, 0.1) is 0 Å². The van der Waals surface area contributed by atoms with Crippen molar-refractivity contribution < 1.29 is 9.59 Å². The smallest absolute Gasteiger partial charge is 0.178 e. The Morgan fingerprint density at radius 1 is 1.04 bits per heavy atom. The molecule has 0 aliphatic heterocycles. The maximum atomic E-state index is 12.2.